The van der Waals surface area contributed by atoms with Crippen LogP contribution in [0.25, 0.3) is 11.3 Å². The van der Waals surface area contributed by atoms with Crippen LogP contribution in [0.5, 0.6) is 23.0 Å². The topological polar surface area (TPSA) is 92.1 Å². The Labute approximate surface area is 162 Å². The first-order chi connectivity index (χ1) is 13.6. The van der Waals surface area contributed by atoms with Gasteiger partial charge in [-0.05, 0) is 24.3 Å². The van der Waals surface area contributed by atoms with Crippen LogP contribution in [0, 0.1) is 0 Å². The molecule has 1 N–H and O–H groups in total. The van der Waals surface area contributed by atoms with E-state index in [1.165, 1.54) is 27.5 Å². The van der Waals surface area contributed by atoms with E-state index in [1.807, 2.05) is 0 Å². The number of ether oxygens (including phenoxy) is 4. The summed E-state index contributed by atoms with van der Waals surface area (Å²) >= 11 is 0. The summed E-state index contributed by atoms with van der Waals surface area (Å²) < 4.78 is 26.3. The second-order valence-corrected chi connectivity index (χ2v) is 5.67. The molecule has 1 amide bonds. The Bertz CT molecular complexity index is 940. The molecule has 0 fully saturated rings. The first-order valence-electron chi connectivity index (χ1n) is 8.31. The lowest BCUT2D eigenvalue weighted by atomic mass is 10.1. The average Bonchev–Trinajstić information content (AvgIpc) is 3.23. The van der Waals surface area contributed by atoms with Crippen molar-refractivity contribution >= 4 is 11.6 Å². The summed E-state index contributed by atoms with van der Waals surface area (Å²) in [4.78, 5) is 12.8. The summed E-state index contributed by atoms with van der Waals surface area (Å²) in [5.74, 6) is 1.96. The van der Waals surface area contributed by atoms with Crippen LogP contribution in [-0.4, -0.2) is 39.5 Å². The highest BCUT2D eigenvalue weighted by molar-refractivity contribution is 6.07. The lowest BCUT2D eigenvalue weighted by Crippen LogP contribution is -2.12. The summed E-state index contributed by atoms with van der Waals surface area (Å²) in [5.41, 5.74) is 1.47. The van der Waals surface area contributed by atoms with Crippen LogP contribution in [-0.2, 0) is 0 Å². The third-order valence-electron chi connectivity index (χ3n) is 4.09. The summed E-state index contributed by atoms with van der Waals surface area (Å²) in [7, 11) is 6.10. The molecule has 0 saturated heterocycles. The number of nitrogens with zero attached hydrogens (tertiary/aromatic N) is 1. The molecule has 8 heteroatoms. The van der Waals surface area contributed by atoms with Crippen molar-refractivity contribution in [3.05, 3.63) is 48.2 Å². The molecule has 3 aromatic rings. The van der Waals surface area contributed by atoms with Crippen LogP contribution >= 0.6 is 0 Å². The molecule has 0 aliphatic carbocycles. The predicted molar refractivity (Wildman–Crippen MR) is 103 cm³/mol. The van der Waals surface area contributed by atoms with Gasteiger partial charge in [0.15, 0.2) is 17.3 Å². The zero-order valence-electron chi connectivity index (χ0n) is 15.9. The van der Waals surface area contributed by atoms with Gasteiger partial charge in [0.25, 0.3) is 5.91 Å². The fraction of sp³-hybridized carbons (Fsp3) is 0.200. The van der Waals surface area contributed by atoms with E-state index in [9.17, 15) is 4.79 Å². The van der Waals surface area contributed by atoms with E-state index in [0.717, 1.165) is 0 Å². The fourth-order valence-electron chi connectivity index (χ4n) is 2.70. The van der Waals surface area contributed by atoms with Crippen molar-refractivity contribution in [1.82, 2.24) is 5.16 Å². The first-order valence-corrected chi connectivity index (χ1v) is 8.31. The van der Waals surface area contributed by atoms with Gasteiger partial charge in [-0.15, -0.1) is 0 Å². The monoisotopic (exact) mass is 384 g/mol. The van der Waals surface area contributed by atoms with Crippen molar-refractivity contribution in [1.29, 1.82) is 0 Å². The molecule has 0 spiro atoms. The average molecular weight is 384 g/mol. The van der Waals surface area contributed by atoms with Crippen LogP contribution in [0.3, 0.4) is 0 Å². The van der Waals surface area contributed by atoms with Crippen molar-refractivity contribution < 1.29 is 28.3 Å². The zero-order chi connectivity index (χ0) is 20.1. The first kappa shape index (κ1) is 19.1. The molecule has 1 aromatic heterocycles. The molecule has 8 nitrogen and oxygen atoms in total. The minimum Gasteiger partial charge on any atom is -0.497 e. The number of hydrogen-bond donors (Lipinski definition) is 1. The number of nitrogens with one attached hydrogen (secondary N) is 1. The minimum absolute atomic E-state index is 0.291. The molecule has 3 rings (SSSR count). The quantitative estimate of drug-likeness (QED) is 0.665. The summed E-state index contributed by atoms with van der Waals surface area (Å²) in [6.07, 6.45) is 1.37. The number of aromatic nitrogens is 1. The van der Waals surface area contributed by atoms with Crippen LogP contribution in [0.2, 0.25) is 0 Å². The molecular formula is C20H20N2O6. The number of benzene rings is 2. The van der Waals surface area contributed by atoms with Gasteiger partial charge in [-0.1, -0.05) is 5.16 Å². The molecule has 0 saturated carbocycles. The lowest BCUT2D eigenvalue weighted by molar-refractivity contribution is 0.102. The molecule has 2 aromatic carbocycles. The van der Waals surface area contributed by atoms with Gasteiger partial charge in [-0.3, -0.25) is 4.79 Å². The Balaban J connectivity index is 1.89. The molecule has 1 heterocycles. The third-order valence-corrected chi connectivity index (χ3v) is 4.09. The number of carbonyl (C=O) groups is 1. The molecule has 0 aliphatic heterocycles. The van der Waals surface area contributed by atoms with Gasteiger partial charge in [0.05, 0.1) is 34.6 Å². The van der Waals surface area contributed by atoms with Gasteiger partial charge in [0.1, 0.15) is 11.3 Å². The van der Waals surface area contributed by atoms with Crippen molar-refractivity contribution in [3.63, 3.8) is 0 Å². The van der Waals surface area contributed by atoms with Crippen molar-refractivity contribution in [2.24, 2.45) is 0 Å². The van der Waals surface area contributed by atoms with Crippen molar-refractivity contribution in [2.45, 2.75) is 0 Å². The van der Waals surface area contributed by atoms with E-state index in [2.05, 4.69) is 10.5 Å². The Morgan fingerprint density at radius 3 is 2.11 bits per heavy atom. The predicted octanol–water partition coefficient (Wildman–Crippen LogP) is 3.63. The Hall–Kier alpha value is -3.68. The van der Waals surface area contributed by atoms with Gasteiger partial charge in [0, 0.05) is 23.4 Å². The summed E-state index contributed by atoms with van der Waals surface area (Å²) in [6.45, 7) is 0. The summed E-state index contributed by atoms with van der Waals surface area (Å²) in [6, 6.07) is 10.4. The molecule has 0 radical (unpaired) electrons. The SMILES string of the molecule is COc1ccc(-c2oncc2C(=O)Nc2cc(OC)c(OC)c(OC)c2)cc1. The van der Waals surface area contributed by atoms with Gasteiger partial charge in [-0.2, -0.15) is 0 Å². The Morgan fingerprint density at radius 2 is 1.57 bits per heavy atom. The van der Waals surface area contributed by atoms with Crippen LogP contribution in [0.1, 0.15) is 10.4 Å². The van der Waals surface area contributed by atoms with Gasteiger partial charge < -0.3 is 28.8 Å². The number of rotatable bonds is 7. The number of hydrogen-bond acceptors (Lipinski definition) is 7. The van der Waals surface area contributed by atoms with Gasteiger partial charge in [-0.25, -0.2) is 0 Å². The smallest absolute Gasteiger partial charge is 0.261 e. The van der Waals surface area contributed by atoms with Crippen LogP contribution in [0.4, 0.5) is 5.69 Å². The molecule has 28 heavy (non-hydrogen) atoms. The molecule has 0 aliphatic rings. The van der Waals surface area contributed by atoms with E-state index in [0.29, 0.717) is 45.6 Å². The maximum atomic E-state index is 12.8. The standard InChI is InChI=1S/C20H20N2O6/c1-24-14-7-5-12(6-8-14)18-15(11-21-28-18)20(23)22-13-9-16(25-2)19(27-4)17(10-13)26-3/h5-11H,1-4H3,(H,22,23). The highest BCUT2D eigenvalue weighted by Gasteiger charge is 2.20. The fourth-order valence-corrected chi connectivity index (χ4v) is 2.70. The lowest BCUT2D eigenvalue weighted by Gasteiger charge is -2.14. The van der Waals surface area contributed by atoms with E-state index < -0.39 is 0 Å². The van der Waals surface area contributed by atoms with Crippen molar-refractivity contribution in [2.75, 3.05) is 33.8 Å². The zero-order valence-corrected chi connectivity index (χ0v) is 15.9. The van der Waals surface area contributed by atoms with E-state index >= 15 is 0 Å². The Morgan fingerprint density at radius 1 is 0.929 bits per heavy atom. The maximum absolute atomic E-state index is 12.8. The highest BCUT2D eigenvalue weighted by atomic mass is 16.5. The third kappa shape index (κ3) is 3.71. The molecule has 0 unspecified atom stereocenters. The number of methoxy groups -OCH3 is 4. The summed E-state index contributed by atoms with van der Waals surface area (Å²) in [5, 5.41) is 6.56. The van der Waals surface area contributed by atoms with Crippen LogP contribution < -0.4 is 24.3 Å². The Kier molecular flexibility index (Phi) is 5.69. The minimum atomic E-state index is -0.388. The van der Waals surface area contributed by atoms with E-state index in [4.69, 9.17) is 23.5 Å². The van der Waals surface area contributed by atoms with Gasteiger partial charge >= 0.3 is 0 Å². The van der Waals surface area contributed by atoms with Gasteiger partial charge in [0.2, 0.25) is 5.75 Å². The number of carbonyl (C=O) groups excluding carboxylic acids is 1. The molecular weight excluding hydrogens is 364 g/mol. The number of amides is 1. The molecule has 0 bridgehead atoms. The molecule has 146 valence electrons. The van der Waals surface area contributed by atoms with E-state index in [1.54, 1.807) is 43.5 Å². The maximum Gasteiger partial charge on any atom is 0.261 e. The normalized spacial score (nSPS) is 10.3. The second kappa shape index (κ2) is 8.34. The van der Waals surface area contributed by atoms with E-state index in [-0.39, 0.29) is 5.91 Å². The highest BCUT2D eigenvalue weighted by Crippen LogP contribution is 2.40. The second-order valence-electron chi connectivity index (χ2n) is 5.67. The van der Waals surface area contributed by atoms with Crippen molar-refractivity contribution in [3.8, 4) is 34.3 Å². The largest absolute Gasteiger partial charge is 0.497 e. The molecule has 0 atom stereocenters. The number of anilines is 1. The van der Waals surface area contributed by atoms with Crippen LogP contribution in [0.15, 0.2) is 47.1 Å².